The normalized spacial score (nSPS) is 11.2. The number of aromatic nitrogens is 1. The molecule has 4 nitrogen and oxygen atoms in total. The molecule has 0 aliphatic heterocycles. The van der Waals surface area contributed by atoms with Crippen molar-refractivity contribution in [2.75, 3.05) is 20.2 Å². The van der Waals surface area contributed by atoms with Crippen molar-refractivity contribution in [1.29, 1.82) is 0 Å². The fraction of sp³-hybridized carbons (Fsp3) is 0.643. The molecular weight excluding hydrogens is 226 g/mol. The SMILES string of the molecule is CCC(CC)N(CCN)Cc1cccc(OC)n1. The van der Waals surface area contributed by atoms with E-state index in [1.807, 2.05) is 18.2 Å². The van der Waals surface area contributed by atoms with Gasteiger partial charge in [-0.25, -0.2) is 4.98 Å². The molecule has 1 rings (SSSR count). The number of hydrogen-bond donors (Lipinski definition) is 1. The maximum absolute atomic E-state index is 5.70. The van der Waals surface area contributed by atoms with Crippen molar-refractivity contribution in [3.8, 4) is 5.88 Å². The number of nitrogens with two attached hydrogens (primary N) is 1. The molecular formula is C14H25N3O. The molecule has 0 amide bonds. The summed E-state index contributed by atoms with van der Waals surface area (Å²) in [5.74, 6) is 0.671. The molecule has 4 heteroatoms. The van der Waals surface area contributed by atoms with E-state index in [1.54, 1.807) is 7.11 Å². The number of methoxy groups -OCH3 is 1. The number of pyridine rings is 1. The zero-order valence-electron chi connectivity index (χ0n) is 11.7. The third-order valence-electron chi connectivity index (χ3n) is 3.23. The molecule has 0 fully saturated rings. The van der Waals surface area contributed by atoms with Crippen LogP contribution in [0.5, 0.6) is 5.88 Å². The molecule has 0 bridgehead atoms. The quantitative estimate of drug-likeness (QED) is 0.768. The van der Waals surface area contributed by atoms with Crippen LogP contribution in [0, 0.1) is 0 Å². The monoisotopic (exact) mass is 251 g/mol. The first-order valence-corrected chi connectivity index (χ1v) is 6.69. The van der Waals surface area contributed by atoms with Crippen LogP contribution >= 0.6 is 0 Å². The smallest absolute Gasteiger partial charge is 0.213 e. The number of rotatable bonds is 8. The number of hydrogen-bond acceptors (Lipinski definition) is 4. The van der Waals surface area contributed by atoms with Crippen LogP contribution in [0.4, 0.5) is 0 Å². The summed E-state index contributed by atoms with van der Waals surface area (Å²) in [5.41, 5.74) is 6.74. The predicted octanol–water partition coefficient (Wildman–Crippen LogP) is 2.04. The van der Waals surface area contributed by atoms with E-state index in [0.29, 0.717) is 18.5 Å². The van der Waals surface area contributed by atoms with Crippen molar-refractivity contribution >= 4 is 0 Å². The van der Waals surface area contributed by atoms with Gasteiger partial charge >= 0.3 is 0 Å². The van der Waals surface area contributed by atoms with Crippen molar-refractivity contribution in [2.24, 2.45) is 5.73 Å². The summed E-state index contributed by atoms with van der Waals surface area (Å²) in [4.78, 5) is 6.86. The molecule has 2 N–H and O–H groups in total. The Balaban J connectivity index is 2.75. The second-order valence-corrected chi connectivity index (χ2v) is 4.40. The lowest BCUT2D eigenvalue weighted by Gasteiger charge is -2.29. The summed E-state index contributed by atoms with van der Waals surface area (Å²) in [7, 11) is 1.64. The van der Waals surface area contributed by atoms with Crippen LogP contribution in [0.15, 0.2) is 18.2 Å². The maximum atomic E-state index is 5.70. The Bertz CT molecular complexity index is 340. The summed E-state index contributed by atoms with van der Waals surface area (Å²) < 4.78 is 5.16. The second kappa shape index (κ2) is 8.06. The van der Waals surface area contributed by atoms with Crippen molar-refractivity contribution in [3.05, 3.63) is 23.9 Å². The lowest BCUT2D eigenvalue weighted by molar-refractivity contribution is 0.179. The summed E-state index contributed by atoms with van der Waals surface area (Å²) in [5, 5.41) is 0. The van der Waals surface area contributed by atoms with Gasteiger partial charge in [-0.3, -0.25) is 4.90 Å². The standard InChI is InChI=1S/C14H25N3O/c1-4-13(5-2)17(10-9-15)11-12-7-6-8-14(16-12)18-3/h6-8,13H,4-5,9-11,15H2,1-3H3. The molecule has 18 heavy (non-hydrogen) atoms. The summed E-state index contributed by atoms with van der Waals surface area (Å²) in [6.45, 7) is 6.86. The van der Waals surface area contributed by atoms with Gasteiger partial charge < -0.3 is 10.5 Å². The molecule has 0 saturated heterocycles. The Labute approximate surface area is 110 Å². The Morgan fingerprint density at radius 3 is 2.61 bits per heavy atom. The Morgan fingerprint density at radius 1 is 1.33 bits per heavy atom. The van der Waals surface area contributed by atoms with E-state index in [0.717, 1.165) is 31.6 Å². The van der Waals surface area contributed by atoms with Gasteiger partial charge in [0.1, 0.15) is 0 Å². The van der Waals surface area contributed by atoms with E-state index in [1.165, 1.54) is 0 Å². The van der Waals surface area contributed by atoms with Crippen LogP contribution in [0.1, 0.15) is 32.4 Å². The lowest BCUT2D eigenvalue weighted by Crippen LogP contribution is -2.37. The number of ether oxygens (including phenoxy) is 1. The third-order valence-corrected chi connectivity index (χ3v) is 3.23. The molecule has 1 aromatic rings. The van der Waals surface area contributed by atoms with Gasteiger partial charge in [-0.1, -0.05) is 19.9 Å². The molecule has 0 atom stereocenters. The van der Waals surface area contributed by atoms with Crippen LogP contribution in [-0.4, -0.2) is 36.1 Å². The Hall–Kier alpha value is -1.13. The fourth-order valence-electron chi connectivity index (χ4n) is 2.23. The zero-order valence-corrected chi connectivity index (χ0v) is 11.7. The van der Waals surface area contributed by atoms with Gasteiger partial charge in [0.2, 0.25) is 5.88 Å². The first-order chi connectivity index (χ1) is 8.74. The zero-order chi connectivity index (χ0) is 13.4. The van der Waals surface area contributed by atoms with Gasteiger partial charge in [-0.15, -0.1) is 0 Å². The fourth-order valence-corrected chi connectivity index (χ4v) is 2.23. The highest BCUT2D eigenvalue weighted by Gasteiger charge is 2.15. The summed E-state index contributed by atoms with van der Waals surface area (Å²) in [6, 6.07) is 6.46. The van der Waals surface area contributed by atoms with Crippen LogP contribution in [-0.2, 0) is 6.54 Å². The molecule has 0 radical (unpaired) electrons. The first kappa shape index (κ1) is 14.9. The minimum Gasteiger partial charge on any atom is -0.481 e. The van der Waals surface area contributed by atoms with E-state index < -0.39 is 0 Å². The van der Waals surface area contributed by atoms with Crippen molar-refractivity contribution in [2.45, 2.75) is 39.3 Å². The lowest BCUT2D eigenvalue weighted by atomic mass is 10.1. The van der Waals surface area contributed by atoms with Crippen LogP contribution in [0.3, 0.4) is 0 Å². The second-order valence-electron chi connectivity index (χ2n) is 4.40. The molecule has 0 aliphatic rings. The van der Waals surface area contributed by atoms with Crippen LogP contribution in [0.2, 0.25) is 0 Å². The van der Waals surface area contributed by atoms with Gasteiger partial charge in [0, 0.05) is 31.7 Å². The average molecular weight is 251 g/mol. The molecule has 0 aromatic carbocycles. The minimum atomic E-state index is 0.571. The van der Waals surface area contributed by atoms with E-state index >= 15 is 0 Å². The van der Waals surface area contributed by atoms with E-state index in [-0.39, 0.29) is 0 Å². The average Bonchev–Trinajstić information content (AvgIpc) is 2.40. The largest absolute Gasteiger partial charge is 0.481 e. The molecule has 0 unspecified atom stereocenters. The maximum Gasteiger partial charge on any atom is 0.213 e. The van der Waals surface area contributed by atoms with Gasteiger partial charge in [-0.2, -0.15) is 0 Å². The van der Waals surface area contributed by atoms with Gasteiger partial charge in [0.25, 0.3) is 0 Å². The topological polar surface area (TPSA) is 51.4 Å². The Kier molecular flexibility index (Phi) is 6.68. The molecule has 0 aliphatic carbocycles. The molecule has 0 saturated carbocycles. The molecule has 1 heterocycles. The highest BCUT2D eigenvalue weighted by atomic mass is 16.5. The minimum absolute atomic E-state index is 0.571. The van der Waals surface area contributed by atoms with Crippen LogP contribution < -0.4 is 10.5 Å². The van der Waals surface area contributed by atoms with Gasteiger partial charge in [0.15, 0.2) is 0 Å². The van der Waals surface area contributed by atoms with E-state index in [4.69, 9.17) is 10.5 Å². The van der Waals surface area contributed by atoms with E-state index in [9.17, 15) is 0 Å². The van der Waals surface area contributed by atoms with Gasteiger partial charge in [0.05, 0.1) is 12.8 Å². The molecule has 1 aromatic heterocycles. The summed E-state index contributed by atoms with van der Waals surface area (Å²) >= 11 is 0. The van der Waals surface area contributed by atoms with Crippen LogP contribution in [0.25, 0.3) is 0 Å². The molecule has 0 spiro atoms. The predicted molar refractivity (Wildman–Crippen MR) is 74.6 cm³/mol. The van der Waals surface area contributed by atoms with Crippen molar-refractivity contribution < 1.29 is 4.74 Å². The number of nitrogens with zero attached hydrogens (tertiary/aromatic N) is 2. The highest BCUT2D eigenvalue weighted by molar-refractivity contribution is 5.15. The van der Waals surface area contributed by atoms with Crippen molar-refractivity contribution in [1.82, 2.24) is 9.88 Å². The summed E-state index contributed by atoms with van der Waals surface area (Å²) in [6.07, 6.45) is 2.28. The van der Waals surface area contributed by atoms with Gasteiger partial charge in [-0.05, 0) is 18.9 Å². The third kappa shape index (κ3) is 4.27. The van der Waals surface area contributed by atoms with E-state index in [2.05, 4.69) is 23.7 Å². The molecule has 102 valence electrons. The Morgan fingerprint density at radius 2 is 2.06 bits per heavy atom. The highest BCUT2D eigenvalue weighted by Crippen LogP contribution is 2.14. The van der Waals surface area contributed by atoms with Crippen molar-refractivity contribution in [3.63, 3.8) is 0 Å². The first-order valence-electron chi connectivity index (χ1n) is 6.69.